The Balaban J connectivity index is 1.58. The molecular weight excluding hydrogens is 370 g/mol. The van der Waals surface area contributed by atoms with Crippen molar-refractivity contribution in [2.24, 2.45) is 4.99 Å². The molecule has 1 aliphatic rings. The normalized spacial score (nSPS) is 16.7. The summed E-state index contributed by atoms with van der Waals surface area (Å²) in [5.41, 5.74) is 2.64. The Morgan fingerprint density at radius 1 is 1.31 bits per heavy atom. The number of carbonyl (C=O) groups is 1. The van der Waals surface area contributed by atoms with Gasteiger partial charge >= 0.3 is 0 Å². The summed E-state index contributed by atoms with van der Waals surface area (Å²) >= 11 is 0. The number of rotatable bonds is 7. The molecule has 2 aromatic rings. The number of amides is 1. The van der Waals surface area contributed by atoms with Crippen LogP contribution in [0.15, 0.2) is 33.7 Å². The second-order valence-corrected chi connectivity index (χ2v) is 6.99. The predicted molar refractivity (Wildman–Crippen MR) is 112 cm³/mol. The van der Waals surface area contributed by atoms with E-state index in [1.54, 1.807) is 0 Å². The van der Waals surface area contributed by atoms with Crippen molar-refractivity contribution in [1.29, 1.82) is 0 Å². The Morgan fingerprint density at radius 2 is 2.17 bits per heavy atom. The van der Waals surface area contributed by atoms with Crippen LogP contribution >= 0.6 is 0 Å². The molecule has 1 aliphatic heterocycles. The number of anilines is 1. The maximum atomic E-state index is 12.2. The highest BCUT2D eigenvalue weighted by Gasteiger charge is 2.23. The molecule has 0 bridgehead atoms. The third kappa shape index (κ3) is 6.05. The Kier molecular flexibility index (Phi) is 7.24. The fourth-order valence-electron chi connectivity index (χ4n) is 3.04. The van der Waals surface area contributed by atoms with Gasteiger partial charge in [0.05, 0.1) is 18.8 Å². The standard InChI is InChI=1S/C21H29N5O3/c1-4-22-21(24-13-19-25-14(2)15(3)29-19)23-12-16-7-5-8-17(11-16)26-20(27)18-9-6-10-28-18/h5,7-8,11,18H,4,6,9-10,12-13H2,1-3H3,(H,26,27)(H2,22,23,24). The molecule has 0 spiro atoms. The molecule has 1 atom stereocenters. The van der Waals surface area contributed by atoms with Crippen LogP contribution in [0.5, 0.6) is 0 Å². The number of aromatic nitrogens is 1. The minimum atomic E-state index is -0.344. The van der Waals surface area contributed by atoms with Gasteiger partial charge in [-0.05, 0) is 51.3 Å². The van der Waals surface area contributed by atoms with E-state index in [4.69, 9.17) is 9.15 Å². The van der Waals surface area contributed by atoms with Crippen molar-refractivity contribution in [3.8, 4) is 0 Å². The Hall–Kier alpha value is -2.87. The van der Waals surface area contributed by atoms with Gasteiger partial charge in [0.25, 0.3) is 5.91 Å². The second kappa shape index (κ2) is 10.1. The summed E-state index contributed by atoms with van der Waals surface area (Å²) in [6, 6.07) is 7.70. The number of hydrogen-bond acceptors (Lipinski definition) is 5. The van der Waals surface area contributed by atoms with Gasteiger partial charge in [0.2, 0.25) is 5.89 Å². The average Bonchev–Trinajstić information content (AvgIpc) is 3.35. The lowest BCUT2D eigenvalue weighted by Gasteiger charge is -2.12. The van der Waals surface area contributed by atoms with Gasteiger partial charge in [-0.1, -0.05) is 12.1 Å². The fraction of sp³-hybridized carbons (Fsp3) is 0.476. The van der Waals surface area contributed by atoms with Gasteiger partial charge < -0.3 is 25.1 Å². The largest absolute Gasteiger partial charge is 0.444 e. The Labute approximate surface area is 171 Å². The van der Waals surface area contributed by atoms with E-state index in [1.807, 2.05) is 45.0 Å². The minimum Gasteiger partial charge on any atom is -0.444 e. The van der Waals surface area contributed by atoms with Crippen molar-refractivity contribution in [3.63, 3.8) is 0 Å². The summed E-state index contributed by atoms with van der Waals surface area (Å²) in [6.07, 6.45) is 1.36. The molecule has 8 nitrogen and oxygen atoms in total. The van der Waals surface area contributed by atoms with Crippen LogP contribution in [0.1, 0.15) is 42.7 Å². The molecule has 1 saturated heterocycles. The molecule has 2 heterocycles. The van der Waals surface area contributed by atoms with Crippen LogP contribution in [0.2, 0.25) is 0 Å². The van der Waals surface area contributed by atoms with E-state index in [-0.39, 0.29) is 12.0 Å². The van der Waals surface area contributed by atoms with Crippen molar-refractivity contribution in [1.82, 2.24) is 15.6 Å². The maximum Gasteiger partial charge on any atom is 0.253 e. The van der Waals surface area contributed by atoms with Gasteiger partial charge in [0, 0.05) is 18.8 Å². The highest BCUT2D eigenvalue weighted by molar-refractivity contribution is 5.94. The number of nitrogens with zero attached hydrogens (tertiary/aromatic N) is 2. The van der Waals surface area contributed by atoms with Crippen LogP contribution in [0.3, 0.4) is 0 Å². The van der Waals surface area contributed by atoms with E-state index in [1.165, 1.54) is 0 Å². The minimum absolute atomic E-state index is 0.0882. The van der Waals surface area contributed by atoms with Gasteiger partial charge in [-0.15, -0.1) is 0 Å². The summed E-state index contributed by atoms with van der Waals surface area (Å²) in [6.45, 7) is 8.16. The molecule has 1 amide bonds. The number of guanidine groups is 1. The maximum absolute atomic E-state index is 12.2. The van der Waals surface area contributed by atoms with E-state index >= 15 is 0 Å². The SMILES string of the molecule is CCNC(=NCc1cccc(NC(=O)C2CCCO2)c1)NCc1nc(C)c(C)o1. The van der Waals surface area contributed by atoms with E-state index in [0.717, 1.165) is 42.1 Å². The zero-order valence-electron chi connectivity index (χ0n) is 17.2. The van der Waals surface area contributed by atoms with E-state index in [0.29, 0.717) is 31.5 Å². The molecule has 0 aliphatic carbocycles. The average molecular weight is 399 g/mol. The van der Waals surface area contributed by atoms with Crippen LogP contribution in [-0.2, 0) is 22.6 Å². The molecule has 1 unspecified atom stereocenters. The lowest BCUT2D eigenvalue weighted by Crippen LogP contribution is -2.36. The number of carbonyl (C=O) groups excluding carboxylic acids is 1. The summed E-state index contributed by atoms with van der Waals surface area (Å²) < 4.78 is 11.0. The number of hydrogen-bond donors (Lipinski definition) is 3. The van der Waals surface area contributed by atoms with Crippen LogP contribution in [0.25, 0.3) is 0 Å². The predicted octanol–water partition coefficient (Wildman–Crippen LogP) is 2.66. The summed E-state index contributed by atoms with van der Waals surface area (Å²) in [7, 11) is 0. The highest BCUT2D eigenvalue weighted by Crippen LogP contribution is 2.16. The summed E-state index contributed by atoms with van der Waals surface area (Å²) in [5, 5.41) is 9.37. The first-order valence-electron chi connectivity index (χ1n) is 10.0. The first-order valence-corrected chi connectivity index (χ1v) is 10.0. The molecule has 0 radical (unpaired) electrons. The third-order valence-corrected chi connectivity index (χ3v) is 4.66. The number of benzene rings is 1. The lowest BCUT2D eigenvalue weighted by atomic mass is 10.2. The van der Waals surface area contributed by atoms with Crippen molar-refractivity contribution in [2.75, 3.05) is 18.5 Å². The molecule has 1 fully saturated rings. The number of aryl methyl sites for hydroxylation is 2. The van der Waals surface area contributed by atoms with Gasteiger partial charge in [0.15, 0.2) is 5.96 Å². The monoisotopic (exact) mass is 399 g/mol. The zero-order chi connectivity index (χ0) is 20.6. The van der Waals surface area contributed by atoms with Gasteiger partial charge in [-0.25, -0.2) is 9.98 Å². The molecule has 3 N–H and O–H groups in total. The van der Waals surface area contributed by atoms with Gasteiger partial charge in [-0.2, -0.15) is 0 Å². The molecular formula is C21H29N5O3. The first kappa shape index (κ1) is 20.9. The van der Waals surface area contributed by atoms with E-state index < -0.39 is 0 Å². The quantitative estimate of drug-likeness (QED) is 0.489. The summed E-state index contributed by atoms with van der Waals surface area (Å²) in [5.74, 6) is 2.04. The number of aliphatic imine (C=N–C) groups is 1. The van der Waals surface area contributed by atoms with Crippen LogP contribution < -0.4 is 16.0 Å². The van der Waals surface area contributed by atoms with Crippen LogP contribution in [0, 0.1) is 13.8 Å². The van der Waals surface area contributed by atoms with Crippen LogP contribution in [-0.4, -0.2) is 36.1 Å². The van der Waals surface area contributed by atoms with Crippen molar-refractivity contribution in [3.05, 3.63) is 47.2 Å². The molecule has 156 valence electrons. The van der Waals surface area contributed by atoms with Crippen LogP contribution in [0.4, 0.5) is 5.69 Å². The Morgan fingerprint density at radius 3 is 2.86 bits per heavy atom. The summed E-state index contributed by atoms with van der Waals surface area (Å²) in [4.78, 5) is 21.2. The zero-order valence-corrected chi connectivity index (χ0v) is 17.2. The first-order chi connectivity index (χ1) is 14.0. The molecule has 29 heavy (non-hydrogen) atoms. The molecule has 1 aromatic carbocycles. The van der Waals surface area contributed by atoms with Gasteiger partial charge in [0.1, 0.15) is 11.9 Å². The topological polar surface area (TPSA) is 101 Å². The lowest BCUT2D eigenvalue weighted by molar-refractivity contribution is -0.124. The second-order valence-electron chi connectivity index (χ2n) is 6.99. The van der Waals surface area contributed by atoms with Crippen molar-refractivity contribution < 1.29 is 13.9 Å². The Bertz CT molecular complexity index is 836. The smallest absolute Gasteiger partial charge is 0.253 e. The molecule has 8 heteroatoms. The highest BCUT2D eigenvalue weighted by atomic mass is 16.5. The molecule has 3 rings (SSSR count). The van der Waals surface area contributed by atoms with E-state index in [9.17, 15) is 4.79 Å². The molecule has 1 aromatic heterocycles. The van der Waals surface area contributed by atoms with E-state index in [2.05, 4.69) is 25.9 Å². The number of nitrogens with one attached hydrogen (secondary N) is 3. The van der Waals surface area contributed by atoms with Crippen molar-refractivity contribution >= 4 is 17.6 Å². The fourth-order valence-corrected chi connectivity index (χ4v) is 3.04. The van der Waals surface area contributed by atoms with Gasteiger partial charge in [-0.3, -0.25) is 4.79 Å². The number of oxazole rings is 1. The van der Waals surface area contributed by atoms with Crippen molar-refractivity contribution in [2.45, 2.75) is 52.8 Å². The third-order valence-electron chi connectivity index (χ3n) is 4.66. The number of ether oxygens (including phenoxy) is 1. The molecule has 0 saturated carbocycles.